The summed E-state index contributed by atoms with van der Waals surface area (Å²) in [5, 5.41) is 5.32. The molecule has 0 N–H and O–H groups in total. The second-order valence-electron chi connectivity index (χ2n) is 12.1. The van der Waals surface area contributed by atoms with Crippen LogP contribution in [0.2, 0.25) is 0 Å². The molecule has 1 heterocycles. The zero-order valence-corrected chi connectivity index (χ0v) is 22.0. The molecule has 1 aliphatic heterocycles. The fourth-order valence-electron chi connectivity index (χ4n) is 6.05. The normalized spacial score (nSPS) is 16.3. The van der Waals surface area contributed by atoms with E-state index in [-0.39, 0.29) is 22.9 Å². The lowest BCUT2D eigenvalue weighted by Gasteiger charge is -2.43. The summed E-state index contributed by atoms with van der Waals surface area (Å²) in [6.45, 7) is 15.0. The maximum Gasteiger partial charge on any atom is 0.0906 e. The van der Waals surface area contributed by atoms with E-state index in [9.17, 15) is 0 Å². The molecule has 0 spiro atoms. The van der Waals surface area contributed by atoms with Crippen LogP contribution in [0.4, 0.5) is 0 Å². The molecule has 0 bridgehead atoms. The van der Waals surface area contributed by atoms with Crippen molar-refractivity contribution in [2.24, 2.45) is 10.8 Å². The van der Waals surface area contributed by atoms with E-state index in [1.165, 1.54) is 32.7 Å². The summed E-state index contributed by atoms with van der Waals surface area (Å²) in [7, 11) is 0. The van der Waals surface area contributed by atoms with Gasteiger partial charge in [0, 0.05) is 12.4 Å². The Morgan fingerprint density at radius 3 is 1.29 bits per heavy atom. The molecule has 4 aromatic carbocycles. The maximum absolute atomic E-state index is 2.55. The topological polar surface area (TPSA) is 6.48 Å². The van der Waals surface area contributed by atoms with Gasteiger partial charge in [0.05, 0.1) is 18.8 Å². The highest BCUT2D eigenvalue weighted by molar-refractivity contribution is 5.87. The highest BCUT2D eigenvalue weighted by Gasteiger charge is 2.38. The monoisotopic (exact) mass is 462 g/mol. The molecule has 1 aliphatic rings. The lowest BCUT2D eigenvalue weighted by atomic mass is 9.79. The van der Waals surface area contributed by atoms with Crippen molar-refractivity contribution < 1.29 is 0 Å². The van der Waals surface area contributed by atoms with Crippen LogP contribution in [0.5, 0.6) is 0 Å². The Hall–Kier alpha value is -3.26. The fourth-order valence-corrected chi connectivity index (χ4v) is 6.05. The van der Waals surface area contributed by atoms with E-state index in [1.807, 2.05) is 0 Å². The van der Waals surface area contributed by atoms with Crippen molar-refractivity contribution in [3.8, 4) is 0 Å². The van der Waals surface area contributed by atoms with Gasteiger partial charge in [0.25, 0.3) is 0 Å². The zero-order valence-electron chi connectivity index (χ0n) is 22.0. The van der Waals surface area contributed by atoms with Crippen LogP contribution in [-0.2, 0) is 0 Å². The van der Waals surface area contributed by atoms with Crippen molar-refractivity contribution in [2.45, 2.75) is 53.6 Å². The molecule has 0 saturated carbocycles. The summed E-state index contributed by atoms with van der Waals surface area (Å²) in [4.78, 5) is 5.09. The van der Waals surface area contributed by atoms with Crippen LogP contribution in [0, 0.1) is 10.8 Å². The van der Waals surface area contributed by atoms with Crippen LogP contribution in [0.3, 0.4) is 0 Å². The second kappa shape index (κ2) is 8.75. The molecule has 2 heteroatoms. The molecule has 0 radical (unpaired) electrons. The molecule has 0 saturated heterocycles. The fraction of sp³-hybridized carbons (Fsp3) is 0.333. The predicted molar refractivity (Wildman–Crippen MR) is 150 cm³/mol. The minimum atomic E-state index is 0.0706. The van der Waals surface area contributed by atoms with Gasteiger partial charge < -0.3 is 9.80 Å². The smallest absolute Gasteiger partial charge is 0.0906 e. The maximum atomic E-state index is 2.55. The van der Waals surface area contributed by atoms with E-state index in [1.54, 1.807) is 0 Å². The summed E-state index contributed by atoms with van der Waals surface area (Å²) in [6.07, 6.45) is 4.64. The van der Waals surface area contributed by atoms with Gasteiger partial charge >= 0.3 is 0 Å². The third kappa shape index (κ3) is 4.43. The van der Waals surface area contributed by atoms with Crippen molar-refractivity contribution in [1.29, 1.82) is 0 Å². The van der Waals surface area contributed by atoms with Gasteiger partial charge in [0.2, 0.25) is 0 Å². The number of benzene rings is 4. The van der Waals surface area contributed by atoms with Gasteiger partial charge in [-0.3, -0.25) is 0 Å². The zero-order chi connectivity index (χ0) is 24.8. The summed E-state index contributed by atoms with van der Waals surface area (Å²) in [6, 6.07) is 31.6. The molecule has 35 heavy (non-hydrogen) atoms. The van der Waals surface area contributed by atoms with Crippen molar-refractivity contribution in [3.63, 3.8) is 0 Å². The van der Waals surface area contributed by atoms with E-state index < -0.39 is 0 Å². The largest absolute Gasteiger partial charge is 0.351 e. The Labute approximate surface area is 210 Å². The Kier molecular flexibility index (Phi) is 5.87. The number of nitrogens with zero attached hydrogens (tertiary/aromatic N) is 2. The third-order valence-corrected chi connectivity index (χ3v) is 7.32. The van der Waals surface area contributed by atoms with Crippen molar-refractivity contribution in [3.05, 3.63) is 108 Å². The summed E-state index contributed by atoms with van der Waals surface area (Å²) in [5.74, 6) is 0. The number of rotatable bonds is 4. The second-order valence-corrected chi connectivity index (χ2v) is 12.1. The van der Waals surface area contributed by atoms with Crippen molar-refractivity contribution in [1.82, 2.24) is 9.80 Å². The quantitative estimate of drug-likeness (QED) is 0.299. The van der Waals surface area contributed by atoms with Crippen LogP contribution in [-0.4, -0.2) is 16.5 Å². The van der Waals surface area contributed by atoms with Crippen molar-refractivity contribution in [2.75, 3.05) is 6.67 Å². The molecule has 4 aromatic rings. The first-order chi connectivity index (χ1) is 16.6. The third-order valence-electron chi connectivity index (χ3n) is 7.32. The lowest BCUT2D eigenvalue weighted by Crippen LogP contribution is -2.39. The lowest BCUT2D eigenvalue weighted by molar-refractivity contribution is 0.0761. The van der Waals surface area contributed by atoms with E-state index in [2.05, 4.69) is 149 Å². The SMILES string of the molecule is CC(C)(C)[C@@H](c1cccc2ccccc12)N1C=CN([C@H](c2cccc3ccccc23)C(C)(C)C)C1. The van der Waals surface area contributed by atoms with Crippen LogP contribution < -0.4 is 0 Å². The van der Waals surface area contributed by atoms with E-state index in [0.29, 0.717) is 0 Å². The van der Waals surface area contributed by atoms with Gasteiger partial charge in [0.15, 0.2) is 0 Å². The van der Waals surface area contributed by atoms with E-state index in [4.69, 9.17) is 0 Å². The van der Waals surface area contributed by atoms with E-state index in [0.717, 1.165) is 6.67 Å². The Morgan fingerprint density at radius 2 is 0.886 bits per heavy atom. The van der Waals surface area contributed by atoms with Gasteiger partial charge in [-0.25, -0.2) is 0 Å². The number of hydrogen-bond acceptors (Lipinski definition) is 2. The van der Waals surface area contributed by atoms with Crippen LogP contribution in [0.25, 0.3) is 21.5 Å². The summed E-state index contributed by atoms with van der Waals surface area (Å²) >= 11 is 0. The number of hydrogen-bond donors (Lipinski definition) is 0. The molecule has 180 valence electrons. The van der Waals surface area contributed by atoms with Gasteiger partial charge in [-0.05, 0) is 43.5 Å². The molecular formula is C33H38N2. The molecule has 5 rings (SSSR count). The molecule has 2 atom stereocenters. The average molecular weight is 463 g/mol. The number of fused-ring (bicyclic) bond motifs is 2. The summed E-state index contributed by atoms with van der Waals surface area (Å²) in [5.41, 5.74) is 2.95. The van der Waals surface area contributed by atoms with Crippen LogP contribution >= 0.6 is 0 Å². The minimum Gasteiger partial charge on any atom is -0.351 e. The van der Waals surface area contributed by atoms with Gasteiger partial charge in [-0.2, -0.15) is 0 Å². The van der Waals surface area contributed by atoms with Gasteiger partial charge in [-0.1, -0.05) is 126 Å². The minimum absolute atomic E-state index is 0.0706. The van der Waals surface area contributed by atoms with E-state index >= 15 is 0 Å². The Bertz CT molecular complexity index is 1250. The molecule has 0 amide bonds. The predicted octanol–water partition coefficient (Wildman–Crippen LogP) is 8.91. The molecule has 0 aliphatic carbocycles. The standard InChI is InChI=1S/C33H38N2/c1-32(2,3)30(28-19-11-15-24-13-7-9-17-26(24)28)34-21-22-35(23-34)31(33(4,5)6)29-20-12-16-25-14-8-10-18-27(25)29/h7-22,30-31H,23H2,1-6H3/t30-,31-/m1/s1. The highest BCUT2D eigenvalue weighted by Crippen LogP contribution is 2.46. The van der Waals surface area contributed by atoms with Gasteiger partial charge in [-0.15, -0.1) is 0 Å². The molecule has 0 unspecified atom stereocenters. The Balaban J connectivity index is 1.55. The Morgan fingerprint density at radius 1 is 0.514 bits per heavy atom. The first-order valence-corrected chi connectivity index (χ1v) is 12.8. The molecule has 2 nitrogen and oxygen atoms in total. The molecule has 0 aromatic heterocycles. The van der Waals surface area contributed by atoms with Gasteiger partial charge in [0.1, 0.15) is 0 Å². The summed E-state index contributed by atoms with van der Waals surface area (Å²) < 4.78 is 0. The van der Waals surface area contributed by atoms with Crippen LogP contribution in [0.1, 0.15) is 64.8 Å². The average Bonchev–Trinajstić information content (AvgIpc) is 3.26. The van der Waals surface area contributed by atoms with Crippen LogP contribution in [0.15, 0.2) is 97.3 Å². The van der Waals surface area contributed by atoms with Crippen molar-refractivity contribution >= 4 is 21.5 Å². The highest BCUT2D eigenvalue weighted by atomic mass is 15.4. The first kappa shape index (κ1) is 23.5. The first-order valence-electron chi connectivity index (χ1n) is 12.8. The molecule has 0 fully saturated rings. The molecular weight excluding hydrogens is 424 g/mol.